The molecule has 2 fully saturated rings. The Balaban J connectivity index is 1.98. The van der Waals surface area contributed by atoms with Crippen LogP contribution in [0.15, 0.2) is 4.99 Å². The summed E-state index contributed by atoms with van der Waals surface area (Å²) in [5, 5.41) is 6.61. The number of hydrogen-bond acceptors (Lipinski definition) is 4. The highest BCUT2D eigenvalue weighted by Crippen LogP contribution is 2.21. The molecule has 2 aliphatic heterocycles. The minimum absolute atomic E-state index is 0.00914. The molecule has 0 radical (unpaired) electrons. The van der Waals surface area contributed by atoms with Crippen molar-refractivity contribution in [1.29, 1.82) is 0 Å². The van der Waals surface area contributed by atoms with Crippen molar-refractivity contribution in [3.63, 3.8) is 0 Å². The standard InChI is InChI=1S/C20H38F3N5O/c1-4-16(5-2)18(28-9-11-29-12-10-28)13-25-19(24-6-3)26-17-7-8-27(14-17)15-20(21,22)23/h16-18H,4-15H2,1-3H3,(H2,24,25,26). The van der Waals surface area contributed by atoms with Gasteiger partial charge in [0.1, 0.15) is 0 Å². The van der Waals surface area contributed by atoms with Gasteiger partial charge in [0.2, 0.25) is 0 Å². The maximum absolute atomic E-state index is 12.6. The van der Waals surface area contributed by atoms with Crippen LogP contribution < -0.4 is 10.6 Å². The molecule has 0 aliphatic carbocycles. The summed E-state index contributed by atoms with van der Waals surface area (Å²) in [5.74, 6) is 1.27. The number of alkyl halides is 3. The van der Waals surface area contributed by atoms with Crippen molar-refractivity contribution in [3.8, 4) is 0 Å². The minimum atomic E-state index is -4.14. The Morgan fingerprint density at radius 2 is 1.83 bits per heavy atom. The molecule has 0 amide bonds. The fourth-order valence-corrected chi connectivity index (χ4v) is 4.35. The number of nitrogens with one attached hydrogen (secondary N) is 2. The molecule has 2 N–H and O–H groups in total. The van der Waals surface area contributed by atoms with E-state index in [0.717, 1.165) is 45.7 Å². The van der Waals surface area contributed by atoms with E-state index in [1.807, 2.05) is 6.92 Å². The first-order valence-electron chi connectivity index (χ1n) is 11.0. The third-order valence-electron chi connectivity index (χ3n) is 5.90. The van der Waals surface area contributed by atoms with Crippen LogP contribution in [0.3, 0.4) is 0 Å². The average Bonchev–Trinajstić information content (AvgIpc) is 3.10. The van der Waals surface area contributed by atoms with Crippen LogP contribution in [0.1, 0.15) is 40.0 Å². The van der Waals surface area contributed by atoms with Gasteiger partial charge in [-0.05, 0) is 19.3 Å². The number of morpholine rings is 1. The Morgan fingerprint density at radius 1 is 1.14 bits per heavy atom. The van der Waals surface area contributed by atoms with Crippen molar-refractivity contribution in [2.75, 3.05) is 59.0 Å². The van der Waals surface area contributed by atoms with Gasteiger partial charge in [0, 0.05) is 44.8 Å². The van der Waals surface area contributed by atoms with Crippen LogP contribution in [-0.4, -0.2) is 93.0 Å². The zero-order valence-electron chi connectivity index (χ0n) is 18.1. The summed E-state index contributed by atoms with van der Waals surface area (Å²) in [7, 11) is 0. The first-order chi connectivity index (χ1) is 13.9. The van der Waals surface area contributed by atoms with Crippen molar-refractivity contribution in [2.45, 2.75) is 58.3 Å². The molecule has 9 heteroatoms. The molecular weight excluding hydrogens is 383 g/mol. The summed E-state index contributed by atoms with van der Waals surface area (Å²) in [4.78, 5) is 8.78. The monoisotopic (exact) mass is 421 g/mol. The third-order valence-corrected chi connectivity index (χ3v) is 5.90. The summed E-state index contributed by atoms with van der Waals surface area (Å²) in [6.45, 7) is 11.2. The summed E-state index contributed by atoms with van der Waals surface area (Å²) in [6.07, 6.45) is -1.24. The Hall–Kier alpha value is -1.06. The predicted octanol–water partition coefficient (Wildman–Crippen LogP) is 2.32. The largest absolute Gasteiger partial charge is 0.401 e. The molecule has 2 aliphatic rings. The molecular formula is C20H38F3N5O. The van der Waals surface area contributed by atoms with Crippen molar-refractivity contribution in [3.05, 3.63) is 0 Å². The lowest BCUT2D eigenvalue weighted by Gasteiger charge is -2.38. The number of guanidine groups is 1. The van der Waals surface area contributed by atoms with Gasteiger partial charge >= 0.3 is 6.18 Å². The normalized spacial score (nSPS) is 23.6. The van der Waals surface area contributed by atoms with Crippen LogP contribution in [0.2, 0.25) is 0 Å². The van der Waals surface area contributed by atoms with E-state index in [-0.39, 0.29) is 6.04 Å². The number of likely N-dealkylation sites (tertiary alicyclic amines) is 1. The lowest BCUT2D eigenvalue weighted by atomic mass is 9.92. The highest BCUT2D eigenvalue weighted by molar-refractivity contribution is 5.80. The van der Waals surface area contributed by atoms with Gasteiger partial charge in [-0.15, -0.1) is 0 Å². The Morgan fingerprint density at radius 3 is 2.41 bits per heavy atom. The number of ether oxygens (including phenoxy) is 1. The van der Waals surface area contributed by atoms with Crippen LogP contribution >= 0.6 is 0 Å². The zero-order valence-corrected chi connectivity index (χ0v) is 18.1. The number of hydrogen-bond donors (Lipinski definition) is 2. The van der Waals surface area contributed by atoms with Crippen LogP contribution in [0.25, 0.3) is 0 Å². The molecule has 2 heterocycles. The van der Waals surface area contributed by atoms with Crippen molar-refractivity contribution in [2.24, 2.45) is 10.9 Å². The Labute approximate surface area is 173 Å². The van der Waals surface area contributed by atoms with E-state index in [1.54, 1.807) is 0 Å². The predicted molar refractivity (Wildman–Crippen MR) is 110 cm³/mol. The molecule has 0 spiro atoms. The second-order valence-electron chi connectivity index (χ2n) is 7.99. The molecule has 2 unspecified atom stereocenters. The van der Waals surface area contributed by atoms with Gasteiger partial charge in [0.05, 0.1) is 26.3 Å². The Bertz CT molecular complexity index is 493. The molecule has 0 aromatic heterocycles. The smallest absolute Gasteiger partial charge is 0.379 e. The summed E-state index contributed by atoms with van der Waals surface area (Å²) < 4.78 is 43.4. The summed E-state index contributed by atoms with van der Waals surface area (Å²) in [5.41, 5.74) is 0. The van der Waals surface area contributed by atoms with Crippen molar-refractivity contribution >= 4 is 5.96 Å². The van der Waals surface area contributed by atoms with E-state index in [0.29, 0.717) is 44.0 Å². The SMILES string of the molecule is CCNC(=NCC(C(CC)CC)N1CCOCC1)NC1CCN(CC(F)(F)F)C1. The molecule has 170 valence electrons. The lowest BCUT2D eigenvalue weighted by molar-refractivity contribution is -0.143. The third kappa shape index (κ3) is 8.30. The maximum atomic E-state index is 12.6. The van der Waals surface area contributed by atoms with Gasteiger partial charge in [-0.3, -0.25) is 14.8 Å². The van der Waals surface area contributed by atoms with Gasteiger partial charge < -0.3 is 15.4 Å². The molecule has 29 heavy (non-hydrogen) atoms. The minimum Gasteiger partial charge on any atom is -0.379 e. The lowest BCUT2D eigenvalue weighted by Crippen LogP contribution is -2.50. The fraction of sp³-hybridized carbons (Fsp3) is 0.950. The molecule has 0 bridgehead atoms. The molecule has 6 nitrogen and oxygen atoms in total. The number of aliphatic imine (C=N–C) groups is 1. The summed E-state index contributed by atoms with van der Waals surface area (Å²) >= 11 is 0. The average molecular weight is 422 g/mol. The van der Waals surface area contributed by atoms with E-state index in [4.69, 9.17) is 9.73 Å². The van der Waals surface area contributed by atoms with Crippen LogP contribution in [-0.2, 0) is 4.74 Å². The molecule has 0 aromatic rings. The Kier molecular flexibility index (Phi) is 9.98. The van der Waals surface area contributed by atoms with Crippen LogP contribution in [0.5, 0.6) is 0 Å². The highest BCUT2D eigenvalue weighted by Gasteiger charge is 2.34. The van der Waals surface area contributed by atoms with Crippen molar-refractivity contribution < 1.29 is 17.9 Å². The van der Waals surface area contributed by atoms with E-state index in [9.17, 15) is 13.2 Å². The number of halogens is 3. The van der Waals surface area contributed by atoms with Gasteiger partial charge in [-0.2, -0.15) is 13.2 Å². The molecule has 0 saturated carbocycles. The second kappa shape index (κ2) is 12.0. The van der Waals surface area contributed by atoms with E-state index < -0.39 is 12.7 Å². The van der Waals surface area contributed by atoms with E-state index in [1.165, 1.54) is 4.90 Å². The van der Waals surface area contributed by atoms with Gasteiger partial charge in [0.25, 0.3) is 0 Å². The number of nitrogens with zero attached hydrogens (tertiary/aromatic N) is 3. The molecule has 2 rings (SSSR count). The zero-order chi connectivity index (χ0) is 21.3. The highest BCUT2D eigenvalue weighted by atomic mass is 19.4. The quantitative estimate of drug-likeness (QED) is 0.442. The first kappa shape index (κ1) is 24.2. The van der Waals surface area contributed by atoms with E-state index in [2.05, 4.69) is 29.4 Å². The maximum Gasteiger partial charge on any atom is 0.401 e. The first-order valence-corrected chi connectivity index (χ1v) is 11.0. The topological polar surface area (TPSA) is 52.1 Å². The van der Waals surface area contributed by atoms with E-state index >= 15 is 0 Å². The van der Waals surface area contributed by atoms with Gasteiger partial charge in [-0.25, -0.2) is 0 Å². The second-order valence-corrected chi connectivity index (χ2v) is 7.99. The van der Waals surface area contributed by atoms with Gasteiger partial charge in [0.15, 0.2) is 5.96 Å². The molecule has 0 aromatic carbocycles. The summed E-state index contributed by atoms with van der Waals surface area (Å²) in [6, 6.07) is 0.347. The number of rotatable bonds is 9. The molecule has 2 saturated heterocycles. The van der Waals surface area contributed by atoms with Crippen LogP contribution in [0.4, 0.5) is 13.2 Å². The van der Waals surface area contributed by atoms with Crippen LogP contribution in [0, 0.1) is 5.92 Å². The van der Waals surface area contributed by atoms with Crippen molar-refractivity contribution in [1.82, 2.24) is 20.4 Å². The van der Waals surface area contributed by atoms with Gasteiger partial charge in [-0.1, -0.05) is 26.7 Å². The fourth-order valence-electron chi connectivity index (χ4n) is 4.35. The molecule has 2 atom stereocenters.